The van der Waals surface area contributed by atoms with Crippen molar-refractivity contribution in [1.82, 2.24) is 4.90 Å². The quantitative estimate of drug-likeness (QED) is 0.531. The Balaban J connectivity index is 1.69. The Morgan fingerprint density at radius 1 is 0.786 bits per heavy atom. The monoisotopic (exact) mass is 365 g/mol. The Bertz CT molecular complexity index is 1070. The summed E-state index contributed by atoms with van der Waals surface area (Å²) in [5, 5.41) is 2.99. The van der Waals surface area contributed by atoms with Gasteiger partial charge in [-0.2, -0.15) is 0 Å². The van der Waals surface area contributed by atoms with E-state index in [1.54, 1.807) is 16.7 Å². The number of aryl methyl sites for hydroxylation is 2. The van der Waals surface area contributed by atoms with Crippen LogP contribution in [0, 0.1) is 0 Å². The van der Waals surface area contributed by atoms with Crippen LogP contribution < -0.4 is 0 Å². The smallest absolute Gasteiger partial charge is 0.0724 e. The molecular weight excluding hydrogens is 338 g/mol. The SMILES string of the molecule is C1=Cc2ccc3c4c(ccc3c2CC1)CCCC4(c1ccccc1)N1CCC1. The fourth-order valence-corrected chi connectivity index (χ4v) is 5.96. The summed E-state index contributed by atoms with van der Waals surface area (Å²) in [6.07, 6.45) is 12.0. The van der Waals surface area contributed by atoms with Crippen LogP contribution >= 0.6 is 0 Å². The first-order chi connectivity index (χ1) is 13.9. The summed E-state index contributed by atoms with van der Waals surface area (Å²) in [5.41, 5.74) is 7.69. The fourth-order valence-electron chi connectivity index (χ4n) is 5.96. The Morgan fingerprint density at radius 3 is 2.46 bits per heavy atom. The molecule has 28 heavy (non-hydrogen) atoms. The summed E-state index contributed by atoms with van der Waals surface area (Å²) < 4.78 is 0. The number of nitrogens with zero attached hydrogens (tertiary/aromatic N) is 1. The molecule has 6 rings (SSSR count). The van der Waals surface area contributed by atoms with Crippen molar-refractivity contribution in [2.75, 3.05) is 13.1 Å². The van der Waals surface area contributed by atoms with Gasteiger partial charge in [-0.15, -0.1) is 0 Å². The molecule has 3 aromatic rings. The zero-order valence-corrected chi connectivity index (χ0v) is 16.5. The molecule has 0 spiro atoms. The van der Waals surface area contributed by atoms with E-state index in [-0.39, 0.29) is 5.54 Å². The maximum atomic E-state index is 2.76. The molecule has 0 aromatic heterocycles. The largest absolute Gasteiger partial charge is 0.290 e. The van der Waals surface area contributed by atoms with Crippen LogP contribution in [0.4, 0.5) is 0 Å². The molecule has 1 heteroatoms. The van der Waals surface area contributed by atoms with Gasteiger partial charge in [-0.05, 0) is 77.1 Å². The van der Waals surface area contributed by atoms with E-state index >= 15 is 0 Å². The third-order valence-electron chi connectivity index (χ3n) is 7.34. The minimum Gasteiger partial charge on any atom is -0.290 e. The maximum Gasteiger partial charge on any atom is 0.0724 e. The van der Waals surface area contributed by atoms with Gasteiger partial charge in [-0.3, -0.25) is 4.90 Å². The molecular formula is C27H27N. The molecule has 1 nitrogen and oxygen atoms in total. The molecule has 3 aliphatic rings. The topological polar surface area (TPSA) is 3.24 Å². The van der Waals surface area contributed by atoms with Gasteiger partial charge in [0.25, 0.3) is 0 Å². The summed E-state index contributed by atoms with van der Waals surface area (Å²) >= 11 is 0. The third-order valence-corrected chi connectivity index (χ3v) is 7.34. The number of hydrogen-bond acceptors (Lipinski definition) is 1. The molecule has 1 saturated heterocycles. The number of benzene rings is 3. The van der Waals surface area contributed by atoms with Gasteiger partial charge in [0.2, 0.25) is 0 Å². The van der Waals surface area contributed by atoms with E-state index in [1.165, 1.54) is 73.5 Å². The lowest BCUT2D eigenvalue weighted by molar-refractivity contribution is 0.0436. The van der Waals surface area contributed by atoms with Crippen LogP contribution in [0.3, 0.4) is 0 Å². The first kappa shape index (κ1) is 16.6. The zero-order valence-electron chi connectivity index (χ0n) is 16.5. The van der Waals surface area contributed by atoms with Crippen molar-refractivity contribution in [3.63, 3.8) is 0 Å². The lowest BCUT2D eigenvalue weighted by Crippen LogP contribution is -2.55. The number of hydrogen-bond donors (Lipinski definition) is 0. The molecule has 0 bridgehead atoms. The number of fused-ring (bicyclic) bond motifs is 5. The van der Waals surface area contributed by atoms with Crippen LogP contribution in [0.5, 0.6) is 0 Å². The van der Waals surface area contributed by atoms with Crippen molar-refractivity contribution >= 4 is 16.8 Å². The summed E-state index contributed by atoms with van der Waals surface area (Å²) in [5.74, 6) is 0. The van der Waals surface area contributed by atoms with Crippen molar-refractivity contribution in [2.45, 2.75) is 44.1 Å². The number of likely N-dealkylation sites (tertiary alicyclic amines) is 1. The Labute approximate surface area is 167 Å². The van der Waals surface area contributed by atoms with E-state index in [2.05, 4.69) is 71.6 Å². The van der Waals surface area contributed by atoms with Crippen LogP contribution in [-0.4, -0.2) is 18.0 Å². The minimum atomic E-state index is 0.0470. The Kier molecular flexibility index (Phi) is 3.74. The van der Waals surface area contributed by atoms with Gasteiger partial charge < -0.3 is 0 Å². The molecule has 1 aliphatic heterocycles. The second-order valence-corrected chi connectivity index (χ2v) is 8.69. The zero-order chi connectivity index (χ0) is 18.6. The lowest BCUT2D eigenvalue weighted by atomic mass is 9.68. The molecule has 0 radical (unpaired) electrons. The first-order valence-corrected chi connectivity index (χ1v) is 10.9. The predicted octanol–water partition coefficient (Wildman–Crippen LogP) is 6.08. The van der Waals surface area contributed by atoms with E-state index in [9.17, 15) is 0 Å². The van der Waals surface area contributed by atoms with Gasteiger partial charge in [0.05, 0.1) is 5.54 Å². The van der Waals surface area contributed by atoms with E-state index in [0.29, 0.717) is 0 Å². The molecule has 1 heterocycles. The van der Waals surface area contributed by atoms with Gasteiger partial charge in [0, 0.05) is 13.1 Å². The fraction of sp³-hybridized carbons (Fsp3) is 0.333. The Morgan fingerprint density at radius 2 is 1.64 bits per heavy atom. The maximum absolute atomic E-state index is 2.76. The van der Waals surface area contributed by atoms with Crippen LogP contribution in [0.25, 0.3) is 16.8 Å². The van der Waals surface area contributed by atoms with Crippen LogP contribution in [0.2, 0.25) is 0 Å². The second kappa shape index (κ2) is 6.32. The minimum absolute atomic E-state index is 0.0470. The standard InChI is InChI=1S/C27H27N/c1-2-10-22(11-3-1)27(28-18-7-19-28)17-6-9-21-14-15-24-23-12-5-4-8-20(23)13-16-25(24)26(21)27/h1-4,8,10-11,13-16H,5-7,9,12,17-19H2. The predicted molar refractivity (Wildman–Crippen MR) is 118 cm³/mol. The Hall–Kier alpha value is -2.38. The molecule has 1 fully saturated rings. The average Bonchev–Trinajstić information content (AvgIpc) is 2.72. The molecule has 140 valence electrons. The second-order valence-electron chi connectivity index (χ2n) is 8.69. The van der Waals surface area contributed by atoms with Gasteiger partial charge in [0.15, 0.2) is 0 Å². The van der Waals surface area contributed by atoms with Gasteiger partial charge >= 0.3 is 0 Å². The van der Waals surface area contributed by atoms with Gasteiger partial charge in [0.1, 0.15) is 0 Å². The number of allylic oxidation sites excluding steroid dienone is 1. The van der Waals surface area contributed by atoms with Crippen molar-refractivity contribution in [3.8, 4) is 0 Å². The molecule has 0 saturated carbocycles. The molecule has 0 amide bonds. The van der Waals surface area contributed by atoms with E-state index in [1.807, 2.05) is 0 Å². The highest BCUT2D eigenvalue weighted by atomic mass is 15.2. The molecule has 1 unspecified atom stereocenters. The van der Waals surface area contributed by atoms with Crippen molar-refractivity contribution in [3.05, 3.63) is 88.5 Å². The first-order valence-electron chi connectivity index (χ1n) is 10.9. The van der Waals surface area contributed by atoms with Crippen molar-refractivity contribution < 1.29 is 0 Å². The molecule has 3 aromatic carbocycles. The van der Waals surface area contributed by atoms with Crippen LogP contribution in [0.1, 0.15) is 53.5 Å². The normalized spacial score (nSPS) is 23.9. The van der Waals surface area contributed by atoms with Crippen LogP contribution in [-0.2, 0) is 18.4 Å². The molecule has 0 N–H and O–H groups in total. The third kappa shape index (κ3) is 2.23. The van der Waals surface area contributed by atoms with E-state index < -0.39 is 0 Å². The van der Waals surface area contributed by atoms with E-state index in [0.717, 1.165) is 0 Å². The van der Waals surface area contributed by atoms with Gasteiger partial charge in [-0.1, -0.05) is 66.7 Å². The van der Waals surface area contributed by atoms with Crippen LogP contribution in [0.15, 0.2) is 60.7 Å². The lowest BCUT2D eigenvalue weighted by Gasteiger charge is -2.52. The summed E-state index contributed by atoms with van der Waals surface area (Å²) in [7, 11) is 0. The molecule has 1 atom stereocenters. The van der Waals surface area contributed by atoms with E-state index in [4.69, 9.17) is 0 Å². The number of rotatable bonds is 2. The van der Waals surface area contributed by atoms with Crippen molar-refractivity contribution in [2.24, 2.45) is 0 Å². The summed E-state index contributed by atoms with van der Waals surface area (Å²) in [6.45, 7) is 2.44. The van der Waals surface area contributed by atoms with Crippen molar-refractivity contribution in [1.29, 1.82) is 0 Å². The average molecular weight is 366 g/mol. The molecule has 2 aliphatic carbocycles. The van der Waals surface area contributed by atoms with Gasteiger partial charge in [-0.25, -0.2) is 0 Å². The highest BCUT2D eigenvalue weighted by Gasteiger charge is 2.46. The summed E-state index contributed by atoms with van der Waals surface area (Å²) in [4.78, 5) is 2.76. The summed E-state index contributed by atoms with van der Waals surface area (Å²) in [6, 6.07) is 21.0. The highest BCUT2D eigenvalue weighted by Crippen LogP contribution is 2.50. The highest BCUT2D eigenvalue weighted by molar-refractivity contribution is 5.94.